The molecule has 0 atom stereocenters. The third-order valence-electron chi connectivity index (χ3n) is 4.59. The number of hydrogen-bond acceptors (Lipinski definition) is 5. The minimum absolute atomic E-state index is 0. The van der Waals surface area contributed by atoms with Gasteiger partial charge >= 0.3 is 6.55 Å². The van der Waals surface area contributed by atoms with Crippen LogP contribution in [0.25, 0.3) is 0 Å². The molecule has 4 rings (SSSR count). The smallest absolute Gasteiger partial charge is 0.319 e. The summed E-state index contributed by atoms with van der Waals surface area (Å²) < 4.78 is 38.4. The van der Waals surface area contributed by atoms with Crippen LogP contribution in [0.5, 0.6) is 11.5 Å². The normalized spacial score (nSPS) is 13.4. The number of nitrogens with one attached hydrogen (secondary N) is 2. The van der Waals surface area contributed by atoms with Gasteiger partial charge in [0.25, 0.3) is 0 Å². The van der Waals surface area contributed by atoms with Crippen LogP contribution < -0.4 is 20.1 Å². The van der Waals surface area contributed by atoms with E-state index >= 15 is 0 Å². The monoisotopic (exact) mass is 575 g/mol. The summed E-state index contributed by atoms with van der Waals surface area (Å²) in [6.45, 7) is -0.797. The second-order valence-electron chi connectivity index (χ2n) is 6.79. The first-order chi connectivity index (χ1) is 15.2. The van der Waals surface area contributed by atoms with E-state index < -0.39 is 6.55 Å². The molecule has 3 heterocycles. The Bertz CT molecular complexity index is 1010. The molecule has 0 amide bonds. The van der Waals surface area contributed by atoms with Crippen molar-refractivity contribution in [1.82, 2.24) is 14.9 Å². The number of rotatable bonds is 7. The molecule has 1 aliphatic heterocycles. The molecule has 172 valence electrons. The van der Waals surface area contributed by atoms with E-state index in [0.29, 0.717) is 37.2 Å². The summed E-state index contributed by atoms with van der Waals surface area (Å²) in [5.74, 6) is 2.02. The fourth-order valence-corrected chi connectivity index (χ4v) is 3.78. The van der Waals surface area contributed by atoms with Gasteiger partial charge in [-0.05, 0) is 30.0 Å². The number of imidazole rings is 1. The highest BCUT2D eigenvalue weighted by molar-refractivity contribution is 14.0. The number of anilines is 1. The van der Waals surface area contributed by atoms with Crippen molar-refractivity contribution >= 4 is 47.0 Å². The maximum absolute atomic E-state index is 13.1. The Labute approximate surface area is 205 Å². The lowest BCUT2D eigenvalue weighted by atomic mass is 10.2. The number of hydrogen-bond donors (Lipinski definition) is 2. The molecular weight excluding hydrogens is 551 g/mol. The Balaban J connectivity index is 0.00000289. The van der Waals surface area contributed by atoms with Gasteiger partial charge in [-0.1, -0.05) is 6.07 Å². The number of aromatic nitrogens is 2. The molecule has 0 saturated heterocycles. The van der Waals surface area contributed by atoms with E-state index in [1.165, 1.54) is 17.3 Å². The third-order valence-corrected chi connectivity index (χ3v) is 5.53. The quantitative estimate of drug-likeness (QED) is 0.238. The molecule has 2 aromatic heterocycles. The second-order valence-corrected chi connectivity index (χ2v) is 7.82. The number of benzene rings is 1. The molecule has 0 radical (unpaired) electrons. The van der Waals surface area contributed by atoms with Crippen molar-refractivity contribution in [3.8, 4) is 11.5 Å². The van der Waals surface area contributed by atoms with Gasteiger partial charge in [0.2, 0.25) is 0 Å². The number of guanidine groups is 1. The van der Waals surface area contributed by atoms with Crippen LogP contribution in [0.1, 0.15) is 23.7 Å². The molecule has 0 aliphatic carbocycles. The highest BCUT2D eigenvalue weighted by Gasteiger charge is 2.13. The summed E-state index contributed by atoms with van der Waals surface area (Å²) >= 11 is 1.69. The number of thiophene rings is 1. The van der Waals surface area contributed by atoms with Crippen molar-refractivity contribution in [3.63, 3.8) is 0 Å². The fourth-order valence-electron chi connectivity index (χ4n) is 3.07. The van der Waals surface area contributed by atoms with E-state index in [9.17, 15) is 8.78 Å². The minimum Gasteiger partial charge on any atom is -0.490 e. The molecule has 11 heteroatoms. The van der Waals surface area contributed by atoms with Crippen LogP contribution in [0.4, 0.5) is 14.5 Å². The van der Waals surface area contributed by atoms with E-state index in [2.05, 4.69) is 26.7 Å². The first kappa shape index (κ1) is 24.2. The highest BCUT2D eigenvalue weighted by Crippen LogP contribution is 2.32. The number of ether oxygens (including phenoxy) is 2. The van der Waals surface area contributed by atoms with Crippen LogP contribution in [0, 0.1) is 0 Å². The first-order valence-corrected chi connectivity index (χ1v) is 10.8. The molecule has 1 aromatic carbocycles. The predicted molar refractivity (Wildman–Crippen MR) is 132 cm³/mol. The standard InChI is InChI=1S/C21H23F2N5O2S.HI/c22-20(23)28-9-8-24-19(28)14-26-21(25-7-6-16-3-1-12-31-16)27-15-4-5-17-18(13-15)30-11-2-10-29-17;/h1,3-5,8-9,12-13,20H,2,6-7,10-11,14H2,(H2,25,26,27);1H. The maximum atomic E-state index is 13.1. The molecule has 0 spiro atoms. The fraction of sp³-hybridized carbons (Fsp3) is 0.333. The molecule has 7 nitrogen and oxygen atoms in total. The largest absolute Gasteiger partial charge is 0.490 e. The van der Waals surface area contributed by atoms with Gasteiger partial charge in [-0.2, -0.15) is 8.78 Å². The van der Waals surface area contributed by atoms with E-state index in [1.807, 2.05) is 29.6 Å². The van der Waals surface area contributed by atoms with Crippen LogP contribution in [0.2, 0.25) is 0 Å². The zero-order valence-electron chi connectivity index (χ0n) is 17.2. The molecule has 32 heavy (non-hydrogen) atoms. The van der Waals surface area contributed by atoms with Crippen molar-refractivity contribution in [2.45, 2.75) is 25.9 Å². The lowest BCUT2D eigenvalue weighted by Gasteiger charge is -2.14. The third kappa shape index (κ3) is 6.55. The molecule has 2 N–H and O–H groups in total. The summed E-state index contributed by atoms with van der Waals surface area (Å²) in [5, 5.41) is 8.51. The van der Waals surface area contributed by atoms with E-state index in [0.717, 1.165) is 23.1 Å². The molecule has 1 aliphatic rings. The second kappa shape index (κ2) is 12.0. The summed E-state index contributed by atoms with van der Waals surface area (Å²) in [5.41, 5.74) is 0.754. The summed E-state index contributed by atoms with van der Waals surface area (Å²) in [7, 11) is 0. The summed E-state index contributed by atoms with van der Waals surface area (Å²) in [4.78, 5) is 9.70. The maximum Gasteiger partial charge on any atom is 0.319 e. The topological polar surface area (TPSA) is 72.7 Å². The first-order valence-electron chi connectivity index (χ1n) is 9.96. The van der Waals surface area contributed by atoms with Gasteiger partial charge in [-0.15, -0.1) is 35.3 Å². The molecular formula is C21H24F2IN5O2S. The average Bonchev–Trinajstić information content (AvgIpc) is 3.40. The highest BCUT2D eigenvalue weighted by atomic mass is 127. The van der Waals surface area contributed by atoms with Gasteiger partial charge < -0.3 is 20.1 Å². The molecule has 0 fully saturated rings. The van der Waals surface area contributed by atoms with Crippen LogP contribution >= 0.6 is 35.3 Å². The zero-order chi connectivity index (χ0) is 21.5. The molecule has 0 bridgehead atoms. The Morgan fingerprint density at radius 3 is 2.84 bits per heavy atom. The van der Waals surface area contributed by atoms with Crippen LogP contribution in [0.15, 0.2) is 53.1 Å². The lowest BCUT2D eigenvalue weighted by molar-refractivity contribution is 0.0671. The van der Waals surface area contributed by atoms with Crippen molar-refractivity contribution in [2.75, 3.05) is 25.1 Å². The zero-order valence-corrected chi connectivity index (χ0v) is 20.3. The Kier molecular flexibility index (Phi) is 9.09. The average molecular weight is 575 g/mol. The Hall–Kier alpha value is -2.41. The summed E-state index contributed by atoms with van der Waals surface area (Å²) in [6.07, 6.45) is 4.24. The number of nitrogens with zero attached hydrogens (tertiary/aromatic N) is 3. The van der Waals surface area contributed by atoms with E-state index in [4.69, 9.17) is 9.47 Å². The number of halogens is 3. The van der Waals surface area contributed by atoms with Gasteiger partial charge in [0, 0.05) is 42.0 Å². The van der Waals surface area contributed by atoms with E-state index in [-0.39, 0.29) is 36.3 Å². The van der Waals surface area contributed by atoms with E-state index in [1.54, 1.807) is 11.3 Å². The Morgan fingerprint density at radius 2 is 2.06 bits per heavy atom. The van der Waals surface area contributed by atoms with Gasteiger partial charge in [0.05, 0.1) is 13.2 Å². The van der Waals surface area contributed by atoms with Crippen molar-refractivity contribution in [1.29, 1.82) is 0 Å². The Morgan fingerprint density at radius 1 is 1.22 bits per heavy atom. The van der Waals surface area contributed by atoms with Crippen LogP contribution in [-0.2, 0) is 13.0 Å². The molecule has 0 unspecified atom stereocenters. The number of alkyl halides is 2. The molecule has 3 aromatic rings. The van der Waals surface area contributed by atoms with Crippen molar-refractivity contribution in [2.24, 2.45) is 4.99 Å². The lowest BCUT2D eigenvalue weighted by Crippen LogP contribution is -2.32. The van der Waals surface area contributed by atoms with Crippen molar-refractivity contribution in [3.05, 3.63) is 58.8 Å². The van der Waals surface area contributed by atoms with Crippen molar-refractivity contribution < 1.29 is 18.3 Å². The van der Waals surface area contributed by atoms with Gasteiger partial charge in [-0.3, -0.25) is 4.57 Å². The molecule has 0 saturated carbocycles. The number of fused-ring (bicyclic) bond motifs is 1. The SMILES string of the molecule is FC(F)n1ccnc1CN=C(NCCc1cccs1)Nc1ccc2c(c1)OCCCO2.I. The van der Waals surface area contributed by atoms with Crippen LogP contribution in [-0.4, -0.2) is 35.3 Å². The van der Waals surface area contributed by atoms with Gasteiger partial charge in [-0.25, -0.2) is 9.98 Å². The van der Waals surface area contributed by atoms with Gasteiger partial charge in [0.15, 0.2) is 17.5 Å². The minimum atomic E-state index is -2.65. The predicted octanol–water partition coefficient (Wildman–Crippen LogP) is 4.92. The van der Waals surface area contributed by atoms with Crippen LogP contribution in [0.3, 0.4) is 0 Å². The summed E-state index contributed by atoms with van der Waals surface area (Å²) in [6, 6.07) is 9.63. The number of aliphatic imine (C=N–C) groups is 1. The van der Waals surface area contributed by atoms with Gasteiger partial charge in [0.1, 0.15) is 12.4 Å².